The molecule has 2 aromatic heterocycles. The SMILES string of the molecule is NC(=O)c1ccc(NC(=O)c2c[nH]c3ncccc23)cc1. The lowest BCUT2D eigenvalue weighted by atomic mass is 10.2. The third-order valence-corrected chi connectivity index (χ3v) is 3.12. The summed E-state index contributed by atoms with van der Waals surface area (Å²) in [5, 5.41) is 3.52. The van der Waals surface area contributed by atoms with Crippen LogP contribution in [0.5, 0.6) is 0 Å². The molecule has 3 rings (SSSR count). The normalized spacial score (nSPS) is 10.5. The monoisotopic (exact) mass is 280 g/mol. The largest absolute Gasteiger partial charge is 0.366 e. The van der Waals surface area contributed by atoms with Gasteiger partial charge in [-0.2, -0.15) is 0 Å². The number of aromatic amines is 1. The summed E-state index contributed by atoms with van der Waals surface area (Å²) in [4.78, 5) is 30.3. The third kappa shape index (κ3) is 2.46. The number of nitrogens with one attached hydrogen (secondary N) is 2. The molecule has 0 saturated carbocycles. The van der Waals surface area contributed by atoms with Crippen molar-refractivity contribution < 1.29 is 9.59 Å². The van der Waals surface area contributed by atoms with Crippen LogP contribution in [0.2, 0.25) is 0 Å². The summed E-state index contributed by atoms with van der Waals surface area (Å²) in [6.07, 6.45) is 3.27. The Morgan fingerprint density at radius 3 is 2.62 bits per heavy atom. The number of benzene rings is 1. The first-order valence-electron chi connectivity index (χ1n) is 6.28. The summed E-state index contributed by atoms with van der Waals surface area (Å²) in [6.45, 7) is 0. The van der Waals surface area contributed by atoms with Crippen LogP contribution >= 0.6 is 0 Å². The standard InChI is InChI=1S/C15H12N4O2/c16-13(20)9-3-5-10(6-4-9)19-15(21)12-8-18-14-11(12)2-1-7-17-14/h1-8H,(H2,16,20)(H,17,18)(H,19,21). The maximum Gasteiger partial charge on any atom is 0.257 e. The Labute approximate surface area is 120 Å². The third-order valence-electron chi connectivity index (χ3n) is 3.12. The van der Waals surface area contributed by atoms with Crippen molar-refractivity contribution in [2.24, 2.45) is 5.73 Å². The van der Waals surface area contributed by atoms with Gasteiger partial charge in [-0.15, -0.1) is 0 Å². The summed E-state index contributed by atoms with van der Waals surface area (Å²) in [5.74, 6) is -0.753. The molecule has 0 aliphatic heterocycles. The minimum Gasteiger partial charge on any atom is -0.366 e. The molecule has 21 heavy (non-hydrogen) atoms. The number of hydrogen-bond donors (Lipinski definition) is 3. The van der Waals surface area contributed by atoms with E-state index in [1.54, 1.807) is 42.7 Å². The molecule has 0 bridgehead atoms. The van der Waals surface area contributed by atoms with E-state index in [2.05, 4.69) is 15.3 Å². The summed E-state index contributed by atoms with van der Waals surface area (Å²) in [6, 6.07) is 9.98. The molecule has 104 valence electrons. The molecule has 3 aromatic rings. The van der Waals surface area contributed by atoms with Gasteiger partial charge in [0.1, 0.15) is 5.65 Å². The highest BCUT2D eigenvalue weighted by Crippen LogP contribution is 2.17. The van der Waals surface area contributed by atoms with Crippen LogP contribution in [0.15, 0.2) is 48.8 Å². The first-order chi connectivity index (χ1) is 10.1. The predicted octanol–water partition coefficient (Wildman–Crippen LogP) is 1.91. The number of carbonyl (C=O) groups excluding carboxylic acids is 2. The average Bonchev–Trinajstić information content (AvgIpc) is 2.92. The Kier molecular flexibility index (Phi) is 3.12. The fraction of sp³-hybridized carbons (Fsp3) is 0. The van der Waals surface area contributed by atoms with Gasteiger partial charge in [-0.3, -0.25) is 9.59 Å². The Bertz CT molecular complexity index is 821. The number of primary amides is 1. The molecular formula is C15H12N4O2. The molecular weight excluding hydrogens is 268 g/mol. The van der Waals surface area contributed by atoms with E-state index in [1.807, 2.05) is 6.07 Å². The number of amides is 2. The van der Waals surface area contributed by atoms with Crippen molar-refractivity contribution in [2.75, 3.05) is 5.32 Å². The summed E-state index contributed by atoms with van der Waals surface area (Å²) < 4.78 is 0. The van der Waals surface area contributed by atoms with Crippen LogP contribution in [0.4, 0.5) is 5.69 Å². The van der Waals surface area contributed by atoms with Crippen LogP contribution in [0.25, 0.3) is 11.0 Å². The first kappa shape index (κ1) is 12.9. The number of hydrogen-bond acceptors (Lipinski definition) is 3. The van der Waals surface area contributed by atoms with Gasteiger partial charge in [0.15, 0.2) is 0 Å². The van der Waals surface area contributed by atoms with E-state index in [4.69, 9.17) is 5.73 Å². The molecule has 2 amide bonds. The van der Waals surface area contributed by atoms with Gasteiger partial charge in [0.25, 0.3) is 5.91 Å². The number of carbonyl (C=O) groups is 2. The number of rotatable bonds is 3. The molecule has 0 atom stereocenters. The topological polar surface area (TPSA) is 101 Å². The van der Waals surface area contributed by atoms with E-state index in [-0.39, 0.29) is 5.91 Å². The summed E-state index contributed by atoms with van der Waals surface area (Å²) >= 11 is 0. The number of nitrogens with two attached hydrogens (primary N) is 1. The van der Waals surface area contributed by atoms with Crippen LogP contribution in [0, 0.1) is 0 Å². The van der Waals surface area contributed by atoms with E-state index in [1.165, 1.54) is 0 Å². The van der Waals surface area contributed by atoms with Gasteiger partial charge >= 0.3 is 0 Å². The fourth-order valence-electron chi connectivity index (χ4n) is 2.06. The minimum atomic E-state index is -0.504. The average molecular weight is 280 g/mol. The number of pyridine rings is 1. The smallest absolute Gasteiger partial charge is 0.257 e. The number of fused-ring (bicyclic) bond motifs is 1. The van der Waals surface area contributed by atoms with Gasteiger partial charge in [0.2, 0.25) is 5.91 Å². The predicted molar refractivity (Wildman–Crippen MR) is 79.0 cm³/mol. The Hall–Kier alpha value is -3.15. The highest BCUT2D eigenvalue weighted by molar-refractivity contribution is 6.12. The zero-order chi connectivity index (χ0) is 14.8. The number of H-pyrrole nitrogens is 1. The highest BCUT2D eigenvalue weighted by Gasteiger charge is 2.12. The zero-order valence-electron chi connectivity index (χ0n) is 11.0. The Balaban J connectivity index is 1.84. The Morgan fingerprint density at radius 1 is 1.14 bits per heavy atom. The lowest BCUT2D eigenvalue weighted by Gasteiger charge is -2.04. The summed E-state index contributed by atoms with van der Waals surface area (Å²) in [7, 11) is 0. The van der Waals surface area contributed by atoms with Crippen molar-refractivity contribution in [1.82, 2.24) is 9.97 Å². The number of anilines is 1. The molecule has 2 heterocycles. The molecule has 6 nitrogen and oxygen atoms in total. The van der Waals surface area contributed by atoms with Crippen molar-refractivity contribution in [3.8, 4) is 0 Å². The maximum atomic E-state index is 12.3. The molecule has 0 saturated heterocycles. The van der Waals surface area contributed by atoms with Gasteiger partial charge in [-0.05, 0) is 36.4 Å². The molecule has 0 aliphatic rings. The van der Waals surface area contributed by atoms with E-state index >= 15 is 0 Å². The van der Waals surface area contributed by atoms with Crippen molar-refractivity contribution in [3.63, 3.8) is 0 Å². The van der Waals surface area contributed by atoms with Crippen molar-refractivity contribution in [1.29, 1.82) is 0 Å². The van der Waals surface area contributed by atoms with Crippen LogP contribution in [-0.4, -0.2) is 21.8 Å². The number of aromatic nitrogens is 2. The molecule has 6 heteroatoms. The highest BCUT2D eigenvalue weighted by atomic mass is 16.2. The molecule has 0 unspecified atom stereocenters. The minimum absolute atomic E-state index is 0.249. The van der Waals surface area contributed by atoms with Gasteiger partial charge in [0, 0.05) is 29.0 Å². The van der Waals surface area contributed by atoms with Gasteiger partial charge in [-0.25, -0.2) is 4.98 Å². The lowest BCUT2D eigenvalue weighted by molar-refractivity contribution is 0.0998. The lowest BCUT2D eigenvalue weighted by Crippen LogP contribution is -2.13. The quantitative estimate of drug-likeness (QED) is 0.683. The molecule has 1 aromatic carbocycles. The van der Waals surface area contributed by atoms with Crippen molar-refractivity contribution in [2.45, 2.75) is 0 Å². The molecule has 0 radical (unpaired) electrons. The zero-order valence-corrected chi connectivity index (χ0v) is 11.0. The second-order valence-corrected chi connectivity index (χ2v) is 4.50. The van der Waals surface area contributed by atoms with Gasteiger partial charge in [-0.1, -0.05) is 0 Å². The molecule has 0 spiro atoms. The summed E-state index contributed by atoms with van der Waals surface area (Å²) in [5.41, 5.74) is 7.32. The van der Waals surface area contributed by atoms with E-state index in [9.17, 15) is 9.59 Å². The molecule has 4 N–H and O–H groups in total. The fourth-order valence-corrected chi connectivity index (χ4v) is 2.06. The molecule has 0 fully saturated rings. The second-order valence-electron chi connectivity index (χ2n) is 4.50. The van der Waals surface area contributed by atoms with Crippen molar-refractivity contribution in [3.05, 3.63) is 59.9 Å². The maximum absolute atomic E-state index is 12.3. The number of nitrogens with zero attached hydrogens (tertiary/aromatic N) is 1. The van der Waals surface area contributed by atoms with E-state index < -0.39 is 5.91 Å². The second kappa shape index (κ2) is 5.09. The van der Waals surface area contributed by atoms with Crippen molar-refractivity contribution >= 4 is 28.5 Å². The van der Waals surface area contributed by atoms with E-state index in [0.29, 0.717) is 22.5 Å². The molecule has 0 aliphatic carbocycles. The van der Waals surface area contributed by atoms with Crippen LogP contribution < -0.4 is 11.1 Å². The van der Waals surface area contributed by atoms with Crippen LogP contribution in [-0.2, 0) is 0 Å². The Morgan fingerprint density at radius 2 is 1.90 bits per heavy atom. The van der Waals surface area contributed by atoms with Gasteiger partial charge in [0.05, 0.1) is 5.56 Å². The van der Waals surface area contributed by atoms with Crippen LogP contribution in [0.3, 0.4) is 0 Å². The van der Waals surface area contributed by atoms with Gasteiger partial charge < -0.3 is 16.0 Å². The first-order valence-corrected chi connectivity index (χ1v) is 6.28. The van der Waals surface area contributed by atoms with E-state index in [0.717, 1.165) is 5.39 Å². The van der Waals surface area contributed by atoms with Crippen LogP contribution in [0.1, 0.15) is 20.7 Å².